The van der Waals surface area contributed by atoms with Crippen LogP contribution in [0.5, 0.6) is 0 Å². The highest BCUT2D eigenvalue weighted by atomic mass is 14.8. The fourth-order valence-electron chi connectivity index (χ4n) is 9.02. The van der Waals surface area contributed by atoms with Crippen molar-refractivity contribution in [3.05, 3.63) is 204 Å². The van der Waals surface area contributed by atoms with E-state index < -0.39 is 5.41 Å². The Morgan fingerprint density at radius 1 is 0.353 bits per heavy atom. The van der Waals surface area contributed by atoms with Gasteiger partial charge in [-0.15, -0.1) is 0 Å². The van der Waals surface area contributed by atoms with E-state index in [9.17, 15) is 0 Å². The van der Waals surface area contributed by atoms with Crippen molar-refractivity contribution in [2.75, 3.05) is 0 Å². The summed E-state index contributed by atoms with van der Waals surface area (Å²) in [6.45, 7) is 0. The van der Waals surface area contributed by atoms with Crippen molar-refractivity contribution in [1.29, 1.82) is 0 Å². The van der Waals surface area contributed by atoms with E-state index in [2.05, 4.69) is 157 Å². The molecule has 2 aromatic heterocycles. The first-order valence-corrected chi connectivity index (χ1v) is 17.6. The fraction of sp³-hybridized carbons (Fsp3) is 0.0204. The van der Waals surface area contributed by atoms with Gasteiger partial charge >= 0.3 is 0 Å². The number of rotatable bonds is 3. The molecule has 2 heterocycles. The number of benzene rings is 7. The lowest BCUT2D eigenvalue weighted by molar-refractivity contribution is 0.796. The SMILES string of the molecule is c1ccc(-c2cccc(-c3cccc(-c4cc5c(c6ccccc46)-c4cc6ccccc6cc4C54c5ccccc5-c5ccccc54)c3)n2)nc1. The third-order valence-electron chi connectivity index (χ3n) is 11.1. The van der Waals surface area contributed by atoms with Crippen LogP contribution >= 0.6 is 0 Å². The first-order chi connectivity index (χ1) is 25.3. The third-order valence-corrected chi connectivity index (χ3v) is 11.1. The van der Waals surface area contributed by atoms with Crippen LogP contribution in [0.2, 0.25) is 0 Å². The van der Waals surface area contributed by atoms with Gasteiger partial charge in [0.2, 0.25) is 0 Å². The zero-order chi connectivity index (χ0) is 33.5. The molecule has 0 aliphatic heterocycles. The molecule has 7 aromatic carbocycles. The maximum Gasteiger partial charge on any atom is 0.0893 e. The van der Waals surface area contributed by atoms with Gasteiger partial charge in [-0.05, 0) is 126 Å². The van der Waals surface area contributed by atoms with Crippen molar-refractivity contribution in [3.63, 3.8) is 0 Å². The first-order valence-electron chi connectivity index (χ1n) is 17.6. The van der Waals surface area contributed by atoms with Gasteiger partial charge in [-0.25, -0.2) is 4.98 Å². The predicted octanol–water partition coefficient (Wildman–Crippen LogP) is 12.1. The number of hydrogen-bond acceptors (Lipinski definition) is 2. The van der Waals surface area contributed by atoms with Crippen LogP contribution < -0.4 is 0 Å². The average Bonchev–Trinajstić information content (AvgIpc) is 3.67. The number of hydrogen-bond donors (Lipinski definition) is 0. The molecule has 1 spiro atoms. The van der Waals surface area contributed by atoms with E-state index in [-0.39, 0.29) is 0 Å². The molecule has 2 aliphatic carbocycles. The van der Waals surface area contributed by atoms with Gasteiger partial charge in [0, 0.05) is 11.8 Å². The maximum absolute atomic E-state index is 5.07. The predicted molar refractivity (Wildman–Crippen MR) is 210 cm³/mol. The minimum atomic E-state index is -0.448. The van der Waals surface area contributed by atoms with Gasteiger partial charge in [0.05, 0.1) is 22.5 Å². The fourth-order valence-corrected chi connectivity index (χ4v) is 9.02. The summed E-state index contributed by atoms with van der Waals surface area (Å²) >= 11 is 0. The standard InChI is InChI=1S/C49H30N2/c1-2-14-32-29-43-40(28-31(32)13-1)48-38-20-4-3-17-35(38)39(30-44(48)49(43)41-21-7-5-18-36(41)37-19-6-8-22-42(37)49)33-15-11-16-34(27-33)45-24-12-25-47(51-45)46-23-9-10-26-50-46/h1-30H. The molecule has 2 heteroatoms. The quantitative estimate of drug-likeness (QED) is 0.191. The van der Waals surface area contributed by atoms with Crippen molar-refractivity contribution in [2.24, 2.45) is 0 Å². The summed E-state index contributed by atoms with van der Waals surface area (Å²) in [6, 6.07) is 64.3. The molecular formula is C49H30N2. The summed E-state index contributed by atoms with van der Waals surface area (Å²) in [7, 11) is 0. The molecule has 0 fully saturated rings. The summed E-state index contributed by atoms with van der Waals surface area (Å²) in [6.07, 6.45) is 1.82. The first kappa shape index (κ1) is 28.2. The molecule has 9 aromatic rings. The van der Waals surface area contributed by atoms with Gasteiger partial charge in [-0.2, -0.15) is 0 Å². The Labute approximate surface area is 296 Å². The van der Waals surface area contributed by atoms with Crippen LogP contribution in [0.15, 0.2) is 182 Å². The largest absolute Gasteiger partial charge is 0.255 e. The van der Waals surface area contributed by atoms with Crippen LogP contribution in [-0.2, 0) is 5.41 Å². The second-order valence-electron chi connectivity index (χ2n) is 13.7. The van der Waals surface area contributed by atoms with Gasteiger partial charge in [0.25, 0.3) is 0 Å². The van der Waals surface area contributed by atoms with Crippen molar-refractivity contribution < 1.29 is 0 Å². The number of aromatic nitrogens is 2. The molecule has 2 nitrogen and oxygen atoms in total. The Kier molecular flexibility index (Phi) is 5.91. The van der Waals surface area contributed by atoms with E-state index in [1.165, 1.54) is 77.2 Å². The maximum atomic E-state index is 5.07. The smallest absolute Gasteiger partial charge is 0.0893 e. The highest BCUT2D eigenvalue weighted by Crippen LogP contribution is 2.64. The topological polar surface area (TPSA) is 25.8 Å². The number of fused-ring (bicyclic) bond motifs is 13. The van der Waals surface area contributed by atoms with E-state index in [1.54, 1.807) is 0 Å². The molecule has 0 saturated heterocycles. The average molecular weight is 647 g/mol. The summed E-state index contributed by atoms with van der Waals surface area (Å²) in [5.41, 5.74) is 16.4. The van der Waals surface area contributed by atoms with E-state index in [0.717, 1.165) is 22.6 Å². The van der Waals surface area contributed by atoms with E-state index in [4.69, 9.17) is 4.98 Å². The van der Waals surface area contributed by atoms with Gasteiger partial charge in [0.15, 0.2) is 0 Å². The third kappa shape index (κ3) is 3.93. The van der Waals surface area contributed by atoms with Gasteiger partial charge in [-0.3, -0.25) is 4.98 Å². The van der Waals surface area contributed by atoms with Crippen molar-refractivity contribution >= 4 is 21.5 Å². The molecule has 0 radical (unpaired) electrons. The monoisotopic (exact) mass is 646 g/mol. The van der Waals surface area contributed by atoms with E-state index >= 15 is 0 Å². The molecule has 236 valence electrons. The summed E-state index contributed by atoms with van der Waals surface area (Å²) in [5, 5.41) is 5.06. The van der Waals surface area contributed by atoms with Gasteiger partial charge in [0.1, 0.15) is 0 Å². The molecule has 0 atom stereocenters. The molecule has 11 rings (SSSR count). The second-order valence-corrected chi connectivity index (χ2v) is 13.7. The number of nitrogens with zero attached hydrogens (tertiary/aromatic N) is 2. The minimum Gasteiger partial charge on any atom is -0.255 e. The normalized spacial score (nSPS) is 13.3. The van der Waals surface area contributed by atoms with Crippen LogP contribution in [0.4, 0.5) is 0 Å². The summed E-state index contributed by atoms with van der Waals surface area (Å²) < 4.78 is 0. The molecule has 2 aliphatic rings. The molecular weight excluding hydrogens is 617 g/mol. The Bertz CT molecular complexity index is 2820. The number of pyridine rings is 2. The van der Waals surface area contributed by atoms with Gasteiger partial charge < -0.3 is 0 Å². The second kappa shape index (κ2) is 10.7. The summed E-state index contributed by atoms with van der Waals surface area (Å²) in [4.78, 5) is 9.62. The van der Waals surface area contributed by atoms with Crippen molar-refractivity contribution in [1.82, 2.24) is 9.97 Å². The molecule has 0 amide bonds. The van der Waals surface area contributed by atoms with E-state index in [0.29, 0.717) is 0 Å². The molecule has 0 bridgehead atoms. The lowest BCUT2D eigenvalue weighted by atomic mass is 9.69. The summed E-state index contributed by atoms with van der Waals surface area (Å²) in [5.74, 6) is 0. The highest BCUT2D eigenvalue weighted by molar-refractivity contribution is 6.12. The van der Waals surface area contributed by atoms with Crippen LogP contribution in [0, 0.1) is 0 Å². The molecule has 0 unspecified atom stereocenters. The van der Waals surface area contributed by atoms with Crippen molar-refractivity contribution in [3.8, 4) is 56.0 Å². The lowest BCUT2D eigenvalue weighted by Gasteiger charge is -2.31. The Balaban J connectivity index is 1.21. The molecule has 51 heavy (non-hydrogen) atoms. The minimum absolute atomic E-state index is 0.448. The van der Waals surface area contributed by atoms with Crippen LogP contribution in [-0.4, -0.2) is 9.97 Å². The lowest BCUT2D eigenvalue weighted by Crippen LogP contribution is -2.26. The van der Waals surface area contributed by atoms with Crippen molar-refractivity contribution in [2.45, 2.75) is 5.41 Å². The Hall–Kier alpha value is -6.64. The van der Waals surface area contributed by atoms with Gasteiger partial charge in [-0.1, -0.05) is 127 Å². The molecule has 0 N–H and O–H groups in total. The molecule has 0 saturated carbocycles. The van der Waals surface area contributed by atoms with Crippen LogP contribution in [0.25, 0.3) is 77.6 Å². The zero-order valence-corrected chi connectivity index (χ0v) is 27.7. The highest BCUT2D eigenvalue weighted by Gasteiger charge is 2.52. The Morgan fingerprint density at radius 2 is 0.980 bits per heavy atom. The van der Waals surface area contributed by atoms with Crippen LogP contribution in [0.3, 0.4) is 0 Å². The Morgan fingerprint density at radius 3 is 1.76 bits per heavy atom. The zero-order valence-electron chi connectivity index (χ0n) is 27.7. The van der Waals surface area contributed by atoms with Crippen LogP contribution in [0.1, 0.15) is 22.3 Å². The van der Waals surface area contributed by atoms with E-state index in [1.807, 2.05) is 30.5 Å².